The highest BCUT2D eigenvalue weighted by molar-refractivity contribution is 5.88. The molecule has 1 saturated heterocycles. The van der Waals surface area contributed by atoms with Crippen molar-refractivity contribution in [3.63, 3.8) is 0 Å². The summed E-state index contributed by atoms with van der Waals surface area (Å²) in [5.41, 5.74) is 0. The molecule has 1 aromatic rings. The fraction of sp³-hybridized carbons (Fsp3) is 0.600. The van der Waals surface area contributed by atoms with E-state index in [1.807, 2.05) is 31.0 Å². The van der Waals surface area contributed by atoms with Gasteiger partial charge in [-0.3, -0.25) is 14.5 Å². The van der Waals surface area contributed by atoms with Crippen LogP contribution in [-0.2, 0) is 16.1 Å². The summed E-state index contributed by atoms with van der Waals surface area (Å²) in [6.07, 6.45) is 2.62. The van der Waals surface area contributed by atoms with Crippen molar-refractivity contribution in [2.75, 3.05) is 20.1 Å². The lowest BCUT2D eigenvalue weighted by Gasteiger charge is -2.18. The number of nitrogens with zero attached hydrogens (tertiary/aromatic N) is 1. The van der Waals surface area contributed by atoms with Crippen LogP contribution in [-0.4, -0.2) is 42.9 Å². The first kappa shape index (κ1) is 15.6. The summed E-state index contributed by atoms with van der Waals surface area (Å²) in [4.78, 5) is 25.6. The van der Waals surface area contributed by atoms with E-state index in [-0.39, 0.29) is 18.4 Å². The van der Waals surface area contributed by atoms with Crippen LogP contribution >= 0.6 is 0 Å². The Kier molecular flexibility index (Phi) is 5.38. The van der Waals surface area contributed by atoms with Gasteiger partial charge in [-0.2, -0.15) is 0 Å². The SMILES string of the molecule is Cc1ccc(CN(C)CC(=O)N[C@@H]2CCCCNC2=O)o1. The fourth-order valence-electron chi connectivity index (χ4n) is 2.45. The molecule has 1 aliphatic heterocycles. The number of hydrogen-bond acceptors (Lipinski definition) is 4. The molecule has 2 N–H and O–H groups in total. The van der Waals surface area contributed by atoms with E-state index in [1.54, 1.807) is 0 Å². The predicted molar refractivity (Wildman–Crippen MR) is 78.6 cm³/mol. The van der Waals surface area contributed by atoms with E-state index in [4.69, 9.17) is 4.42 Å². The first-order valence-electron chi connectivity index (χ1n) is 7.35. The summed E-state index contributed by atoms with van der Waals surface area (Å²) in [7, 11) is 1.85. The highest BCUT2D eigenvalue weighted by Gasteiger charge is 2.22. The number of rotatable bonds is 5. The van der Waals surface area contributed by atoms with Crippen molar-refractivity contribution in [3.8, 4) is 0 Å². The van der Waals surface area contributed by atoms with E-state index >= 15 is 0 Å². The highest BCUT2D eigenvalue weighted by Crippen LogP contribution is 2.09. The molecule has 1 fully saturated rings. The Labute approximate surface area is 124 Å². The first-order valence-corrected chi connectivity index (χ1v) is 7.35. The number of carbonyl (C=O) groups excluding carboxylic acids is 2. The van der Waals surface area contributed by atoms with Crippen molar-refractivity contribution in [1.29, 1.82) is 0 Å². The summed E-state index contributed by atoms with van der Waals surface area (Å²) >= 11 is 0. The molecule has 1 atom stereocenters. The summed E-state index contributed by atoms with van der Waals surface area (Å²) in [5, 5.41) is 5.62. The van der Waals surface area contributed by atoms with Gasteiger partial charge >= 0.3 is 0 Å². The molecule has 6 nitrogen and oxygen atoms in total. The first-order chi connectivity index (χ1) is 10.0. The van der Waals surface area contributed by atoms with Crippen LogP contribution in [0.15, 0.2) is 16.5 Å². The molecule has 1 aliphatic rings. The number of nitrogens with one attached hydrogen (secondary N) is 2. The molecule has 0 saturated carbocycles. The van der Waals surface area contributed by atoms with Crippen LogP contribution in [0.2, 0.25) is 0 Å². The van der Waals surface area contributed by atoms with Crippen molar-refractivity contribution >= 4 is 11.8 Å². The van der Waals surface area contributed by atoms with E-state index < -0.39 is 6.04 Å². The van der Waals surface area contributed by atoms with E-state index in [0.29, 0.717) is 19.5 Å². The lowest BCUT2D eigenvalue weighted by molar-refractivity contribution is -0.129. The number of likely N-dealkylation sites (N-methyl/N-ethyl adjacent to an activating group) is 1. The second kappa shape index (κ2) is 7.26. The Morgan fingerprint density at radius 2 is 2.29 bits per heavy atom. The average molecular weight is 293 g/mol. The van der Waals surface area contributed by atoms with Gasteiger partial charge in [-0.1, -0.05) is 0 Å². The van der Waals surface area contributed by atoms with Gasteiger partial charge in [0.2, 0.25) is 11.8 Å². The van der Waals surface area contributed by atoms with Crippen molar-refractivity contribution in [2.45, 2.75) is 38.8 Å². The second-order valence-corrected chi connectivity index (χ2v) is 5.59. The third-order valence-corrected chi connectivity index (χ3v) is 3.51. The summed E-state index contributed by atoms with van der Waals surface area (Å²) < 4.78 is 5.48. The third-order valence-electron chi connectivity index (χ3n) is 3.51. The van der Waals surface area contributed by atoms with Crippen LogP contribution < -0.4 is 10.6 Å². The van der Waals surface area contributed by atoms with Gasteiger partial charge in [-0.05, 0) is 45.4 Å². The predicted octanol–water partition coefficient (Wildman–Crippen LogP) is 0.805. The summed E-state index contributed by atoms with van der Waals surface area (Å²) in [5.74, 6) is 1.47. The molecule has 21 heavy (non-hydrogen) atoms. The van der Waals surface area contributed by atoms with Crippen LogP contribution in [0.1, 0.15) is 30.8 Å². The van der Waals surface area contributed by atoms with Gasteiger partial charge in [-0.25, -0.2) is 0 Å². The van der Waals surface area contributed by atoms with Gasteiger partial charge < -0.3 is 15.1 Å². The van der Waals surface area contributed by atoms with Crippen LogP contribution in [0.4, 0.5) is 0 Å². The van der Waals surface area contributed by atoms with Crippen LogP contribution in [0, 0.1) is 6.92 Å². The van der Waals surface area contributed by atoms with Gasteiger partial charge in [0, 0.05) is 6.54 Å². The normalized spacial score (nSPS) is 19.2. The molecule has 0 bridgehead atoms. The van der Waals surface area contributed by atoms with E-state index in [1.165, 1.54) is 0 Å². The Hall–Kier alpha value is -1.82. The number of furan rings is 1. The minimum atomic E-state index is -0.403. The standard InChI is InChI=1S/C15H23N3O3/c1-11-6-7-12(21-11)9-18(2)10-14(19)17-13-5-3-4-8-16-15(13)20/h6-7,13H,3-5,8-10H2,1-2H3,(H,16,20)(H,17,19)/t13-/m1/s1. The van der Waals surface area contributed by atoms with Gasteiger partial charge in [0.1, 0.15) is 17.6 Å². The summed E-state index contributed by atoms with van der Waals surface area (Å²) in [6, 6.07) is 3.40. The van der Waals surface area contributed by atoms with Crippen molar-refractivity contribution in [3.05, 3.63) is 23.7 Å². The smallest absolute Gasteiger partial charge is 0.242 e. The number of amides is 2. The quantitative estimate of drug-likeness (QED) is 0.842. The maximum absolute atomic E-state index is 12.0. The maximum Gasteiger partial charge on any atom is 0.242 e. The zero-order chi connectivity index (χ0) is 15.2. The van der Waals surface area contributed by atoms with Crippen LogP contribution in [0.5, 0.6) is 0 Å². The zero-order valence-electron chi connectivity index (χ0n) is 12.6. The van der Waals surface area contributed by atoms with Gasteiger partial charge in [0.25, 0.3) is 0 Å². The van der Waals surface area contributed by atoms with Crippen molar-refractivity contribution < 1.29 is 14.0 Å². The minimum Gasteiger partial charge on any atom is -0.465 e. The average Bonchev–Trinajstić information content (AvgIpc) is 2.70. The minimum absolute atomic E-state index is 0.0786. The largest absolute Gasteiger partial charge is 0.465 e. The monoisotopic (exact) mass is 293 g/mol. The zero-order valence-corrected chi connectivity index (χ0v) is 12.6. The maximum atomic E-state index is 12.0. The number of hydrogen-bond donors (Lipinski definition) is 2. The fourth-order valence-corrected chi connectivity index (χ4v) is 2.45. The van der Waals surface area contributed by atoms with E-state index in [0.717, 1.165) is 24.4 Å². The van der Waals surface area contributed by atoms with Gasteiger partial charge in [-0.15, -0.1) is 0 Å². The molecule has 2 amide bonds. The number of carbonyl (C=O) groups is 2. The second-order valence-electron chi connectivity index (χ2n) is 5.59. The highest BCUT2D eigenvalue weighted by atomic mass is 16.3. The molecule has 1 aromatic heterocycles. The van der Waals surface area contributed by atoms with Gasteiger partial charge in [0.05, 0.1) is 13.1 Å². The summed E-state index contributed by atoms with van der Waals surface area (Å²) in [6.45, 7) is 3.39. The molecule has 116 valence electrons. The number of aryl methyl sites for hydroxylation is 1. The van der Waals surface area contributed by atoms with Crippen LogP contribution in [0.3, 0.4) is 0 Å². The Morgan fingerprint density at radius 1 is 1.48 bits per heavy atom. The molecule has 2 heterocycles. The van der Waals surface area contributed by atoms with Crippen molar-refractivity contribution in [2.24, 2.45) is 0 Å². The molecule has 2 rings (SSSR count). The molecule has 0 aromatic carbocycles. The Balaban J connectivity index is 1.79. The molecule has 6 heteroatoms. The molecular weight excluding hydrogens is 270 g/mol. The molecule has 0 aliphatic carbocycles. The Bertz CT molecular complexity index is 498. The molecule has 0 radical (unpaired) electrons. The van der Waals surface area contributed by atoms with Crippen LogP contribution in [0.25, 0.3) is 0 Å². The third kappa shape index (κ3) is 4.90. The lowest BCUT2D eigenvalue weighted by atomic mass is 10.1. The lowest BCUT2D eigenvalue weighted by Crippen LogP contribution is -2.48. The molecule has 0 unspecified atom stereocenters. The Morgan fingerprint density at radius 3 is 3.00 bits per heavy atom. The van der Waals surface area contributed by atoms with Crippen molar-refractivity contribution in [1.82, 2.24) is 15.5 Å². The van der Waals surface area contributed by atoms with E-state index in [2.05, 4.69) is 10.6 Å². The van der Waals surface area contributed by atoms with E-state index in [9.17, 15) is 9.59 Å². The molecular formula is C15H23N3O3. The topological polar surface area (TPSA) is 74.6 Å². The van der Waals surface area contributed by atoms with Gasteiger partial charge in [0.15, 0.2) is 0 Å². The molecule has 0 spiro atoms.